The molecular formula is C38H80N2. The van der Waals surface area contributed by atoms with E-state index in [1.165, 1.54) is 212 Å². The number of unbranched alkanes of at least 4 members (excludes halogenated alkanes) is 27. The summed E-state index contributed by atoms with van der Waals surface area (Å²) in [4.78, 5) is 2.75. The molecule has 0 amide bonds. The lowest BCUT2D eigenvalue weighted by molar-refractivity contribution is 0.239. The Labute approximate surface area is 255 Å². The van der Waals surface area contributed by atoms with Crippen LogP contribution in [0.5, 0.6) is 0 Å². The van der Waals surface area contributed by atoms with Crippen LogP contribution in [0.4, 0.5) is 0 Å². The minimum Gasteiger partial charge on any atom is -0.327 e. The summed E-state index contributed by atoms with van der Waals surface area (Å²) in [5.74, 6) is 0. The van der Waals surface area contributed by atoms with Crippen molar-refractivity contribution in [1.29, 1.82) is 0 Å². The van der Waals surface area contributed by atoms with Crippen LogP contribution in [-0.2, 0) is 0 Å². The van der Waals surface area contributed by atoms with Gasteiger partial charge in [-0.15, -0.1) is 0 Å². The molecule has 0 aromatic rings. The minimum absolute atomic E-state index is 0.375. The van der Waals surface area contributed by atoms with E-state index in [9.17, 15) is 0 Å². The molecule has 0 aliphatic heterocycles. The molecule has 0 heterocycles. The summed E-state index contributed by atoms with van der Waals surface area (Å²) >= 11 is 0. The molecule has 0 spiro atoms. The van der Waals surface area contributed by atoms with Crippen LogP contribution in [0.25, 0.3) is 0 Å². The van der Waals surface area contributed by atoms with Crippen molar-refractivity contribution in [2.24, 2.45) is 5.73 Å². The highest BCUT2D eigenvalue weighted by molar-refractivity contribution is 4.69. The molecule has 0 aromatic carbocycles. The van der Waals surface area contributed by atoms with Crippen LogP contribution < -0.4 is 5.73 Å². The normalized spacial score (nSPS) is 12.5. The molecule has 0 fully saturated rings. The highest BCUT2D eigenvalue weighted by atomic mass is 15.1. The quantitative estimate of drug-likeness (QED) is 0.0775. The van der Waals surface area contributed by atoms with Gasteiger partial charge in [0.2, 0.25) is 0 Å². The predicted molar refractivity (Wildman–Crippen MR) is 185 cm³/mol. The Morgan fingerprint density at radius 3 is 0.900 bits per heavy atom. The molecule has 0 radical (unpaired) electrons. The van der Waals surface area contributed by atoms with E-state index in [0.717, 1.165) is 6.54 Å². The summed E-state index contributed by atoms with van der Waals surface area (Å²) in [6.45, 7) is 10.6. The monoisotopic (exact) mass is 565 g/mol. The fourth-order valence-electron chi connectivity index (χ4n) is 6.26. The van der Waals surface area contributed by atoms with Gasteiger partial charge in [-0.05, 0) is 32.4 Å². The van der Waals surface area contributed by atoms with Crippen LogP contribution in [0.3, 0.4) is 0 Å². The maximum absolute atomic E-state index is 6.68. The highest BCUT2D eigenvalue weighted by Gasteiger charge is 2.11. The summed E-state index contributed by atoms with van der Waals surface area (Å²) < 4.78 is 0. The third-order valence-corrected chi connectivity index (χ3v) is 9.08. The first-order valence-corrected chi connectivity index (χ1v) is 19.2. The van der Waals surface area contributed by atoms with Gasteiger partial charge in [-0.1, -0.05) is 201 Å². The van der Waals surface area contributed by atoms with E-state index in [0.29, 0.717) is 6.04 Å². The van der Waals surface area contributed by atoms with Gasteiger partial charge in [0.15, 0.2) is 0 Å². The maximum Gasteiger partial charge on any atom is 0.0167 e. The van der Waals surface area contributed by atoms with Gasteiger partial charge < -0.3 is 10.6 Å². The number of nitrogens with two attached hydrogens (primary N) is 1. The zero-order valence-electron chi connectivity index (χ0n) is 28.6. The topological polar surface area (TPSA) is 29.3 Å². The molecule has 0 rings (SSSR count). The Morgan fingerprint density at radius 2 is 0.600 bits per heavy atom. The molecule has 0 bridgehead atoms. The molecule has 0 saturated heterocycles. The zero-order valence-corrected chi connectivity index (χ0v) is 28.6. The first-order chi connectivity index (χ1) is 19.7. The van der Waals surface area contributed by atoms with Gasteiger partial charge in [-0.25, -0.2) is 0 Å². The first-order valence-electron chi connectivity index (χ1n) is 19.2. The Kier molecular flexibility index (Phi) is 35.0. The standard InChI is InChI=1S/C38H80N2/c1-4-7-10-13-16-19-22-25-28-31-34-38(39)37-40(35-32-29-26-23-20-17-14-11-8-5-2)36-33-30-27-24-21-18-15-12-9-6-3/h38H,4-37,39H2,1-3H3. The third-order valence-electron chi connectivity index (χ3n) is 9.08. The number of rotatable bonds is 35. The van der Waals surface area contributed by atoms with Crippen molar-refractivity contribution < 1.29 is 0 Å². The van der Waals surface area contributed by atoms with Gasteiger partial charge in [0.05, 0.1) is 0 Å². The van der Waals surface area contributed by atoms with Crippen molar-refractivity contribution in [3.8, 4) is 0 Å². The lowest BCUT2D eigenvalue weighted by Crippen LogP contribution is -2.38. The van der Waals surface area contributed by atoms with E-state index in [4.69, 9.17) is 5.73 Å². The van der Waals surface area contributed by atoms with Crippen molar-refractivity contribution in [2.45, 2.75) is 226 Å². The molecular weight excluding hydrogens is 484 g/mol. The van der Waals surface area contributed by atoms with Crippen LogP contribution in [0.15, 0.2) is 0 Å². The van der Waals surface area contributed by atoms with E-state index < -0.39 is 0 Å². The molecule has 0 aliphatic rings. The van der Waals surface area contributed by atoms with E-state index in [2.05, 4.69) is 25.7 Å². The predicted octanol–water partition coefficient (Wildman–Crippen LogP) is 12.8. The van der Waals surface area contributed by atoms with Gasteiger partial charge in [-0.2, -0.15) is 0 Å². The van der Waals surface area contributed by atoms with Crippen molar-refractivity contribution >= 4 is 0 Å². The molecule has 2 heteroatoms. The fraction of sp³-hybridized carbons (Fsp3) is 1.00. The molecule has 242 valence electrons. The van der Waals surface area contributed by atoms with Crippen LogP contribution in [0.1, 0.15) is 220 Å². The molecule has 1 atom stereocenters. The highest BCUT2D eigenvalue weighted by Crippen LogP contribution is 2.15. The van der Waals surface area contributed by atoms with E-state index in [-0.39, 0.29) is 0 Å². The molecule has 0 saturated carbocycles. The van der Waals surface area contributed by atoms with Gasteiger partial charge in [0.1, 0.15) is 0 Å². The second-order valence-corrected chi connectivity index (χ2v) is 13.4. The lowest BCUT2D eigenvalue weighted by Gasteiger charge is -2.26. The average Bonchev–Trinajstić information content (AvgIpc) is 2.95. The second-order valence-electron chi connectivity index (χ2n) is 13.4. The molecule has 2 N–H and O–H groups in total. The third kappa shape index (κ3) is 32.4. The fourth-order valence-corrected chi connectivity index (χ4v) is 6.26. The average molecular weight is 565 g/mol. The van der Waals surface area contributed by atoms with Gasteiger partial charge in [-0.3, -0.25) is 0 Å². The molecule has 40 heavy (non-hydrogen) atoms. The smallest absolute Gasteiger partial charge is 0.0167 e. The maximum atomic E-state index is 6.68. The van der Waals surface area contributed by atoms with Gasteiger partial charge in [0.25, 0.3) is 0 Å². The molecule has 2 nitrogen and oxygen atoms in total. The molecule has 0 aromatic heterocycles. The van der Waals surface area contributed by atoms with Crippen molar-refractivity contribution in [3.05, 3.63) is 0 Å². The Balaban J connectivity index is 4.03. The van der Waals surface area contributed by atoms with Crippen LogP contribution in [0.2, 0.25) is 0 Å². The van der Waals surface area contributed by atoms with Crippen molar-refractivity contribution in [2.75, 3.05) is 19.6 Å². The Hall–Kier alpha value is -0.0800. The zero-order chi connectivity index (χ0) is 29.2. The van der Waals surface area contributed by atoms with Gasteiger partial charge in [0, 0.05) is 12.6 Å². The summed E-state index contributed by atoms with van der Waals surface area (Å²) in [6, 6.07) is 0.375. The molecule has 1 unspecified atom stereocenters. The van der Waals surface area contributed by atoms with Gasteiger partial charge >= 0.3 is 0 Å². The summed E-state index contributed by atoms with van der Waals surface area (Å²) in [5, 5.41) is 0. The van der Waals surface area contributed by atoms with Crippen molar-refractivity contribution in [3.63, 3.8) is 0 Å². The minimum atomic E-state index is 0.375. The Morgan fingerprint density at radius 1 is 0.350 bits per heavy atom. The van der Waals surface area contributed by atoms with E-state index in [1.807, 2.05) is 0 Å². The second kappa shape index (κ2) is 35.1. The van der Waals surface area contributed by atoms with Crippen LogP contribution in [0, 0.1) is 0 Å². The number of hydrogen-bond donors (Lipinski definition) is 1. The van der Waals surface area contributed by atoms with Crippen LogP contribution >= 0.6 is 0 Å². The summed E-state index contributed by atoms with van der Waals surface area (Å²) in [5.41, 5.74) is 6.68. The van der Waals surface area contributed by atoms with Crippen LogP contribution in [-0.4, -0.2) is 30.6 Å². The van der Waals surface area contributed by atoms with Crippen molar-refractivity contribution in [1.82, 2.24) is 4.90 Å². The first kappa shape index (κ1) is 39.9. The number of nitrogens with zero attached hydrogens (tertiary/aromatic N) is 1. The SMILES string of the molecule is CCCCCCCCCCCCC(N)CN(CCCCCCCCCCCC)CCCCCCCCCCCC. The van der Waals surface area contributed by atoms with E-state index >= 15 is 0 Å². The molecule has 0 aliphatic carbocycles. The summed E-state index contributed by atoms with van der Waals surface area (Å²) in [7, 11) is 0. The van der Waals surface area contributed by atoms with E-state index in [1.54, 1.807) is 0 Å². The lowest BCUT2D eigenvalue weighted by atomic mass is 10.0. The Bertz CT molecular complexity index is 413. The number of hydrogen-bond acceptors (Lipinski definition) is 2. The summed E-state index contributed by atoms with van der Waals surface area (Å²) in [6.07, 6.45) is 43.9. The largest absolute Gasteiger partial charge is 0.327 e.